The van der Waals surface area contributed by atoms with Crippen molar-refractivity contribution in [2.45, 2.75) is 59.8 Å². The van der Waals surface area contributed by atoms with E-state index in [4.69, 9.17) is 0 Å². The lowest BCUT2D eigenvalue weighted by atomic mass is 9.86. The van der Waals surface area contributed by atoms with E-state index in [2.05, 4.69) is 89.4 Å². The highest BCUT2D eigenvalue weighted by Gasteiger charge is 2.12. The van der Waals surface area contributed by atoms with Crippen LogP contribution in [0.5, 0.6) is 0 Å². The van der Waals surface area contributed by atoms with Crippen molar-refractivity contribution in [1.82, 2.24) is 0 Å². The molecule has 0 aromatic heterocycles. The lowest BCUT2D eigenvalue weighted by Gasteiger charge is -2.19. The van der Waals surface area contributed by atoms with Crippen molar-refractivity contribution in [3.05, 3.63) is 70.3 Å². The average Bonchev–Trinajstić information content (AvgIpc) is 2.47. The molecule has 2 aromatic carbocycles. The molecule has 0 aliphatic carbocycles. The number of hydrogen-bond donors (Lipinski definition) is 0. The monoisotopic (exact) mass is 306 g/mol. The Balaban J connectivity index is 0.000000816. The first kappa shape index (κ1) is 19.0. The Hall–Kier alpha value is -2.00. The van der Waals surface area contributed by atoms with Gasteiger partial charge in [-0.1, -0.05) is 68.8 Å². The zero-order valence-corrected chi connectivity index (χ0v) is 15.5. The van der Waals surface area contributed by atoms with Gasteiger partial charge in [-0.2, -0.15) is 0 Å². The van der Waals surface area contributed by atoms with Crippen LogP contribution < -0.4 is 0 Å². The smallest absolute Gasteiger partial charge is 0.00297 e. The minimum Gasteiger partial charge on any atom is -0.120 e. The van der Waals surface area contributed by atoms with Gasteiger partial charge in [-0.15, -0.1) is 12.3 Å². The number of terminal acetylenes is 1. The topological polar surface area (TPSA) is 0 Å². The van der Waals surface area contributed by atoms with Gasteiger partial charge in [-0.05, 0) is 61.3 Å². The van der Waals surface area contributed by atoms with E-state index in [1.165, 1.54) is 27.8 Å². The van der Waals surface area contributed by atoms with E-state index in [0.29, 0.717) is 0 Å². The minimum atomic E-state index is 0.242. The van der Waals surface area contributed by atoms with E-state index in [1.807, 2.05) is 0 Å². The van der Waals surface area contributed by atoms with Crippen molar-refractivity contribution in [2.75, 3.05) is 0 Å². The quantitative estimate of drug-likeness (QED) is 0.608. The van der Waals surface area contributed by atoms with Crippen LogP contribution in [0.4, 0.5) is 0 Å². The Bertz CT molecular complexity index is 646. The molecule has 0 amide bonds. The summed E-state index contributed by atoms with van der Waals surface area (Å²) in [5, 5.41) is 0. The fraction of sp³-hybridized carbons (Fsp3) is 0.391. The fourth-order valence-electron chi connectivity index (χ4n) is 2.58. The normalized spacial score (nSPS) is 10.5. The summed E-state index contributed by atoms with van der Waals surface area (Å²) < 4.78 is 0. The molecule has 0 aliphatic rings. The van der Waals surface area contributed by atoms with Gasteiger partial charge in [0.05, 0.1) is 0 Å². The van der Waals surface area contributed by atoms with Crippen molar-refractivity contribution >= 4 is 0 Å². The second kappa shape index (κ2) is 8.59. The Morgan fingerprint density at radius 3 is 1.96 bits per heavy atom. The molecule has 122 valence electrons. The molecular formula is C23H30. The molecule has 0 unspecified atom stereocenters. The fourth-order valence-corrected chi connectivity index (χ4v) is 2.58. The highest BCUT2D eigenvalue weighted by Crippen LogP contribution is 2.22. The van der Waals surface area contributed by atoms with E-state index in [1.54, 1.807) is 6.92 Å². The van der Waals surface area contributed by atoms with E-state index in [0.717, 1.165) is 12.8 Å². The third-order valence-electron chi connectivity index (χ3n) is 4.00. The third kappa shape index (κ3) is 6.33. The Morgan fingerprint density at radius 2 is 1.48 bits per heavy atom. The van der Waals surface area contributed by atoms with Crippen LogP contribution in [-0.2, 0) is 18.3 Å². The first-order valence-corrected chi connectivity index (χ1v) is 8.31. The van der Waals surface area contributed by atoms with E-state index >= 15 is 0 Å². The average molecular weight is 306 g/mol. The zero-order chi connectivity index (χ0) is 17.5. The van der Waals surface area contributed by atoms with E-state index in [9.17, 15) is 0 Å². The maximum atomic E-state index is 4.60. The molecule has 2 rings (SSSR count). The maximum Gasteiger partial charge on any atom is -0.00297 e. The number of benzene rings is 2. The van der Waals surface area contributed by atoms with Crippen LogP contribution in [-0.4, -0.2) is 0 Å². The molecule has 2 aromatic rings. The molecule has 0 spiro atoms. The molecule has 0 heterocycles. The highest BCUT2D eigenvalue weighted by molar-refractivity contribution is 5.32. The second-order valence-electron chi connectivity index (χ2n) is 7.17. The largest absolute Gasteiger partial charge is 0.120 e. The summed E-state index contributed by atoms with van der Waals surface area (Å²) in [6, 6.07) is 15.9. The van der Waals surface area contributed by atoms with Crippen LogP contribution in [0.3, 0.4) is 0 Å². The second-order valence-corrected chi connectivity index (χ2v) is 7.17. The van der Waals surface area contributed by atoms with E-state index < -0.39 is 0 Å². The van der Waals surface area contributed by atoms with Crippen molar-refractivity contribution in [1.29, 1.82) is 0 Å². The molecule has 0 bridgehead atoms. The molecule has 0 aliphatic heterocycles. The standard InChI is InChI=1S/C20H26.C3H4/c1-15-6-10-18(16(2)14-15)11-7-17-8-12-19(13-9-17)20(3,4)5;1-3-2/h6,8-10,12-14H,7,11H2,1-5H3;1H,2H3. The summed E-state index contributed by atoms with van der Waals surface area (Å²) in [4.78, 5) is 0. The molecule has 0 saturated carbocycles. The van der Waals surface area contributed by atoms with Gasteiger partial charge in [0.15, 0.2) is 0 Å². The number of rotatable bonds is 3. The van der Waals surface area contributed by atoms with Gasteiger partial charge in [-0.25, -0.2) is 0 Å². The SMILES string of the molecule is C#CC.Cc1ccc(CCc2ccc(C(C)(C)C)cc2)c(C)c1. The summed E-state index contributed by atoms with van der Waals surface area (Å²) in [5.74, 6) is 2.25. The van der Waals surface area contributed by atoms with Gasteiger partial charge in [0, 0.05) is 0 Å². The minimum absolute atomic E-state index is 0.242. The maximum absolute atomic E-state index is 4.60. The lowest BCUT2D eigenvalue weighted by Crippen LogP contribution is -2.10. The van der Waals surface area contributed by atoms with Crippen LogP contribution in [0.25, 0.3) is 0 Å². The molecule has 0 heteroatoms. The van der Waals surface area contributed by atoms with Crippen LogP contribution in [0.2, 0.25) is 0 Å². The summed E-state index contributed by atoms with van der Waals surface area (Å²) >= 11 is 0. The van der Waals surface area contributed by atoms with E-state index in [-0.39, 0.29) is 5.41 Å². The zero-order valence-electron chi connectivity index (χ0n) is 15.5. The molecule has 0 fully saturated rings. The number of aryl methyl sites for hydroxylation is 4. The molecule has 0 nitrogen and oxygen atoms in total. The summed E-state index contributed by atoms with van der Waals surface area (Å²) in [5.41, 5.74) is 7.31. The summed E-state index contributed by atoms with van der Waals surface area (Å²) in [7, 11) is 0. The lowest BCUT2D eigenvalue weighted by molar-refractivity contribution is 0.590. The van der Waals surface area contributed by atoms with Gasteiger partial charge >= 0.3 is 0 Å². The first-order valence-electron chi connectivity index (χ1n) is 8.31. The summed E-state index contributed by atoms with van der Waals surface area (Å²) in [6.07, 6.45) is 6.84. The molecule has 0 saturated heterocycles. The van der Waals surface area contributed by atoms with Crippen molar-refractivity contribution in [2.24, 2.45) is 0 Å². The Kier molecular flexibility index (Phi) is 7.11. The van der Waals surface area contributed by atoms with Gasteiger partial charge in [0.2, 0.25) is 0 Å². The van der Waals surface area contributed by atoms with Gasteiger partial charge in [0.1, 0.15) is 0 Å². The van der Waals surface area contributed by atoms with Crippen molar-refractivity contribution < 1.29 is 0 Å². The third-order valence-corrected chi connectivity index (χ3v) is 4.00. The van der Waals surface area contributed by atoms with Crippen LogP contribution in [0.1, 0.15) is 55.5 Å². The predicted octanol–water partition coefficient (Wildman–Crippen LogP) is 6.03. The van der Waals surface area contributed by atoms with Gasteiger partial charge in [-0.3, -0.25) is 0 Å². The molecule has 23 heavy (non-hydrogen) atoms. The molecular weight excluding hydrogens is 276 g/mol. The van der Waals surface area contributed by atoms with Crippen molar-refractivity contribution in [3.63, 3.8) is 0 Å². The highest BCUT2D eigenvalue weighted by atomic mass is 14.2. The summed E-state index contributed by atoms with van der Waals surface area (Å²) in [6.45, 7) is 12.8. The Labute approximate surface area is 143 Å². The van der Waals surface area contributed by atoms with Crippen LogP contribution >= 0.6 is 0 Å². The van der Waals surface area contributed by atoms with Gasteiger partial charge in [0.25, 0.3) is 0 Å². The first-order chi connectivity index (χ1) is 10.8. The van der Waals surface area contributed by atoms with Crippen LogP contribution in [0, 0.1) is 26.2 Å². The molecule has 0 N–H and O–H groups in total. The Morgan fingerprint density at radius 1 is 0.913 bits per heavy atom. The number of hydrogen-bond acceptors (Lipinski definition) is 0. The van der Waals surface area contributed by atoms with Crippen molar-refractivity contribution in [3.8, 4) is 12.3 Å². The molecule has 0 radical (unpaired) electrons. The van der Waals surface area contributed by atoms with Gasteiger partial charge < -0.3 is 0 Å². The predicted molar refractivity (Wildman–Crippen MR) is 103 cm³/mol. The molecule has 0 atom stereocenters. The van der Waals surface area contributed by atoms with Crippen LogP contribution in [0.15, 0.2) is 42.5 Å².